The van der Waals surface area contributed by atoms with Gasteiger partial charge in [-0.1, -0.05) is 38.0 Å². The molecular formula is C18H27N3O15. The Hall–Kier alpha value is -4.68. The highest BCUT2D eigenvalue weighted by Crippen LogP contribution is 1.75. The maximum Gasteiger partial charge on any atom is 0.506 e. The first-order chi connectivity index (χ1) is 16.9. The first-order valence-corrected chi connectivity index (χ1v) is 9.06. The number of carbonyl (C=O) groups is 3. The fraction of sp³-hybridized carbons (Fsp3) is 0.333. The summed E-state index contributed by atoms with van der Waals surface area (Å²) < 4.78 is 12.9. The second-order valence-electron chi connectivity index (χ2n) is 5.15. The van der Waals surface area contributed by atoms with Crippen molar-refractivity contribution < 1.29 is 59.2 Å². The van der Waals surface area contributed by atoms with Crippen LogP contribution in [0.25, 0.3) is 0 Å². The first-order valence-electron chi connectivity index (χ1n) is 9.06. The third kappa shape index (κ3) is 16.9. The van der Waals surface area contributed by atoms with Crippen LogP contribution in [-0.2, 0) is 34.4 Å². The Morgan fingerprint density at radius 3 is 0.861 bits per heavy atom. The fourth-order valence-corrected chi connectivity index (χ4v) is 1.44. The number of hydrogen-bond donors (Lipinski definition) is 6. The van der Waals surface area contributed by atoms with Crippen LogP contribution in [0.1, 0.15) is 0 Å². The predicted molar refractivity (Wildman–Crippen MR) is 118 cm³/mol. The van der Waals surface area contributed by atoms with E-state index in [4.69, 9.17) is 30.6 Å². The lowest BCUT2D eigenvalue weighted by Crippen LogP contribution is -2.54. The van der Waals surface area contributed by atoms with Crippen molar-refractivity contribution in [1.29, 1.82) is 0 Å². The van der Waals surface area contributed by atoms with Crippen LogP contribution in [0.3, 0.4) is 0 Å². The Morgan fingerprint density at radius 2 is 0.778 bits per heavy atom. The van der Waals surface area contributed by atoms with Crippen LogP contribution in [0.2, 0.25) is 0 Å². The summed E-state index contributed by atoms with van der Waals surface area (Å²) in [4.78, 5) is 62.2. The van der Waals surface area contributed by atoms with Gasteiger partial charge in [0.1, 0.15) is 40.0 Å². The molecule has 0 amide bonds. The lowest BCUT2D eigenvalue weighted by atomic mass is 10.7. The topological polar surface area (TPSA) is 266 Å². The van der Waals surface area contributed by atoms with E-state index in [2.05, 4.69) is 33.9 Å². The molecule has 0 aromatic carbocycles. The van der Waals surface area contributed by atoms with Crippen molar-refractivity contribution in [3.8, 4) is 0 Å². The van der Waals surface area contributed by atoms with Gasteiger partial charge in [-0.05, 0) is 0 Å². The van der Waals surface area contributed by atoms with Gasteiger partial charge in [-0.15, -0.1) is 0 Å². The average molecular weight is 525 g/mol. The molecule has 0 aliphatic rings. The molecule has 0 radical (unpaired) electrons. The summed E-state index contributed by atoms with van der Waals surface area (Å²) in [5, 5.41) is 49.4. The lowest BCUT2D eigenvalue weighted by Gasteiger charge is -2.08. The van der Waals surface area contributed by atoms with E-state index >= 15 is 0 Å². The van der Waals surface area contributed by atoms with Crippen molar-refractivity contribution in [2.75, 3.05) is 19.8 Å². The second kappa shape index (κ2) is 22.1. The molecule has 0 unspecified atom stereocenters. The SMILES string of the molecule is C=CCOC(=O)O.C=CCOC(=O)O.C=CCOC(=O)O.O=c1n(CO)c(=O)n(CO)c(=O)n1CO. The molecule has 0 aliphatic heterocycles. The maximum absolute atomic E-state index is 11.3. The van der Waals surface area contributed by atoms with Crippen molar-refractivity contribution in [2.45, 2.75) is 20.2 Å². The van der Waals surface area contributed by atoms with E-state index in [-0.39, 0.29) is 19.8 Å². The molecule has 0 saturated carbocycles. The van der Waals surface area contributed by atoms with Gasteiger partial charge in [-0.25, -0.2) is 42.5 Å². The van der Waals surface area contributed by atoms with Gasteiger partial charge in [0.15, 0.2) is 0 Å². The van der Waals surface area contributed by atoms with Crippen LogP contribution in [0.15, 0.2) is 52.3 Å². The van der Waals surface area contributed by atoms with Gasteiger partial charge in [0.2, 0.25) is 0 Å². The summed E-state index contributed by atoms with van der Waals surface area (Å²) in [6, 6.07) is 0. The molecule has 0 spiro atoms. The van der Waals surface area contributed by atoms with Crippen molar-refractivity contribution >= 4 is 18.5 Å². The van der Waals surface area contributed by atoms with Crippen LogP contribution < -0.4 is 17.1 Å². The zero-order chi connectivity index (χ0) is 28.7. The van der Waals surface area contributed by atoms with Gasteiger partial charge >= 0.3 is 35.5 Å². The van der Waals surface area contributed by atoms with Crippen molar-refractivity contribution in [1.82, 2.24) is 13.7 Å². The number of aromatic nitrogens is 3. The molecule has 36 heavy (non-hydrogen) atoms. The molecule has 1 aromatic rings. The van der Waals surface area contributed by atoms with Crippen LogP contribution in [0, 0.1) is 0 Å². The van der Waals surface area contributed by atoms with E-state index in [1.54, 1.807) is 0 Å². The van der Waals surface area contributed by atoms with Gasteiger partial charge in [0.05, 0.1) is 0 Å². The van der Waals surface area contributed by atoms with Crippen LogP contribution in [0.4, 0.5) is 14.4 Å². The standard InChI is InChI=1S/C6H9N3O6.3C4H6O3/c10-1-7-4(13)8(2-11)6(15)9(3-12)5(7)14;3*1-2-3-7-4(5)6/h10-12H,1-3H2;3*2H,1,3H2,(H,5,6). The molecule has 204 valence electrons. The van der Waals surface area contributed by atoms with E-state index in [0.29, 0.717) is 13.7 Å². The molecule has 1 heterocycles. The largest absolute Gasteiger partial charge is 0.506 e. The molecule has 6 N–H and O–H groups in total. The number of rotatable bonds is 9. The molecule has 0 saturated heterocycles. The smallest absolute Gasteiger partial charge is 0.450 e. The van der Waals surface area contributed by atoms with Crippen molar-refractivity contribution in [3.63, 3.8) is 0 Å². The van der Waals surface area contributed by atoms with Gasteiger partial charge in [0, 0.05) is 0 Å². The highest BCUT2D eigenvalue weighted by molar-refractivity contribution is 5.57. The zero-order valence-corrected chi connectivity index (χ0v) is 18.8. The molecular weight excluding hydrogens is 498 g/mol. The summed E-state index contributed by atoms with van der Waals surface area (Å²) in [5.41, 5.74) is -3.42. The minimum atomic E-state index is -1.26. The molecule has 0 atom stereocenters. The monoisotopic (exact) mass is 525 g/mol. The number of carboxylic acid groups (broad SMARTS) is 3. The average Bonchev–Trinajstić information content (AvgIpc) is 2.82. The van der Waals surface area contributed by atoms with Gasteiger partial charge in [-0.3, -0.25) is 0 Å². The normalized spacial score (nSPS) is 8.75. The summed E-state index contributed by atoms with van der Waals surface area (Å²) >= 11 is 0. The van der Waals surface area contributed by atoms with E-state index in [1.807, 2.05) is 0 Å². The molecule has 18 heteroatoms. The Morgan fingerprint density at radius 1 is 0.583 bits per heavy atom. The number of hydrogen-bond acceptors (Lipinski definition) is 12. The highest BCUT2D eigenvalue weighted by atomic mass is 16.7. The Labute approximate surface area is 201 Å². The number of nitrogens with zero attached hydrogens (tertiary/aromatic N) is 3. The summed E-state index contributed by atoms with van der Waals surface area (Å²) in [5.74, 6) is 0. The van der Waals surface area contributed by atoms with E-state index in [9.17, 15) is 28.8 Å². The number of ether oxygens (including phenoxy) is 3. The number of aliphatic hydroxyl groups is 3. The summed E-state index contributed by atoms with van der Waals surface area (Å²) in [6.07, 6.45) is 0.316. The summed E-state index contributed by atoms with van der Waals surface area (Å²) in [6.45, 7) is 7.09. The van der Waals surface area contributed by atoms with Gasteiger partial charge < -0.3 is 44.8 Å². The van der Waals surface area contributed by atoms with Crippen molar-refractivity contribution in [3.05, 3.63) is 69.4 Å². The van der Waals surface area contributed by atoms with Gasteiger partial charge in [-0.2, -0.15) is 0 Å². The Kier molecular flexibility index (Phi) is 22.1. The molecule has 0 aliphatic carbocycles. The highest BCUT2D eigenvalue weighted by Gasteiger charge is 2.12. The lowest BCUT2D eigenvalue weighted by molar-refractivity contribution is 0.101. The molecule has 0 fully saturated rings. The zero-order valence-electron chi connectivity index (χ0n) is 18.8. The second-order valence-corrected chi connectivity index (χ2v) is 5.15. The quantitative estimate of drug-likeness (QED) is 0.123. The maximum atomic E-state index is 11.3. The minimum Gasteiger partial charge on any atom is -0.450 e. The van der Waals surface area contributed by atoms with Crippen LogP contribution in [0.5, 0.6) is 0 Å². The molecule has 1 rings (SSSR count). The minimum absolute atomic E-state index is 0.0648. The molecule has 1 aromatic heterocycles. The first kappa shape index (κ1) is 35.9. The molecule has 18 nitrogen and oxygen atoms in total. The molecule has 0 bridgehead atoms. The van der Waals surface area contributed by atoms with E-state index < -0.39 is 55.7 Å². The number of aliphatic hydroxyl groups excluding tert-OH is 3. The predicted octanol–water partition coefficient (Wildman–Crippen LogP) is -1.38. The fourth-order valence-electron chi connectivity index (χ4n) is 1.44. The Bertz CT molecular complexity index is 863. The summed E-state index contributed by atoms with van der Waals surface area (Å²) in [7, 11) is 0. The van der Waals surface area contributed by atoms with E-state index in [0.717, 1.165) is 0 Å². The van der Waals surface area contributed by atoms with Crippen LogP contribution >= 0.6 is 0 Å². The van der Waals surface area contributed by atoms with Crippen molar-refractivity contribution in [2.24, 2.45) is 0 Å². The van der Waals surface area contributed by atoms with Gasteiger partial charge in [0.25, 0.3) is 0 Å². The Balaban J connectivity index is -0.000000441. The van der Waals surface area contributed by atoms with Crippen LogP contribution in [-0.4, -0.2) is 82.6 Å². The third-order valence-electron chi connectivity index (χ3n) is 2.78. The van der Waals surface area contributed by atoms with E-state index in [1.165, 1.54) is 18.2 Å². The third-order valence-corrected chi connectivity index (χ3v) is 2.78.